The minimum atomic E-state index is -0.759. The van der Waals surface area contributed by atoms with Gasteiger partial charge in [-0.3, -0.25) is 4.79 Å². The Balaban J connectivity index is 2.03. The summed E-state index contributed by atoms with van der Waals surface area (Å²) in [5, 5.41) is 14.0. The number of H-pyrrole nitrogens is 1. The van der Waals surface area contributed by atoms with Crippen molar-refractivity contribution in [3.05, 3.63) is 40.4 Å². The summed E-state index contributed by atoms with van der Waals surface area (Å²) in [5.74, 6) is 1.01. The van der Waals surface area contributed by atoms with Crippen LogP contribution >= 0.6 is 0 Å². The fourth-order valence-corrected chi connectivity index (χ4v) is 2.62. The summed E-state index contributed by atoms with van der Waals surface area (Å²) in [7, 11) is 0. The number of hydrogen-bond donors (Lipinski definition) is 3. The van der Waals surface area contributed by atoms with E-state index in [0.717, 1.165) is 6.42 Å². The summed E-state index contributed by atoms with van der Waals surface area (Å²) in [5.41, 5.74) is -0.205. The highest BCUT2D eigenvalue weighted by Crippen LogP contribution is 2.15. The topological polar surface area (TPSA) is 78.0 Å². The summed E-state index contributed by atoms with van der Waals surface area (Å²) < 4.78 is 0. The molecule has 2 rings (SSSR count). The lowest BCUT2D eigenvalue weighted by molar-refractivity contribution is 0.0382. The number of aliphatic hydroxyl groups is 1. The van der Waals surface area contributed by atoms with E-state index in [1.165, 1.54) is 0 Å². The highest BCUT2D eigenvalue weighted by atomic mass is 16.3. The van der Waals surface area contributed by atoms with Gasteiger partial charge in [-0.15, -0.1) is 0 Å². The maximum atomic E-state index is 11.9. The van der Waals surface area contributed by atoms with Crippen LogP contribution in [0.2, 0.25) is 0 Å². The van der Waals surface area contributed by atoms with Crippen molar-refractivity contribution in [2.24, 2.45) is 5.92 Å². The van der Waals surface area contributed by atoms with Gasteiger partial charge < -0.3 is 15.4 Å². The Bertz CT molecular complexity index is 662. The number of aromatic nitrogens is 2. The van der Waals surface area contributed by atoms with Gasteiger partial charge in [0.1, 0.15) is 5.82 Å². The smallest absolute Gasteiger partial charge is 0.258 e. The molecule has 5 heteroatoms. The second-order valence-electron chi connectivity index (χ2n) is 6.23. The molecule has 1 unspecified atom stereocenters. The molecule has 0 spiro atoms. The molecule has 21 heavy (non-hydrogen) atoms. The van der Waals surface area contributed by atoms with Crippen LogP contribution in [0.5, 0.6) is 0 Å². The first-order chi connectivity index (χ1) is 9.87. The second-order valence-corrected chi connectivity index (χ2v) is 6.23. The van der Waals surface area contributed by atoms with Crippen LogP contribution in [-0.4, -0.2) is 27.2 Å². The van der Waals surface area contributed by atoms with E-state index in [-0.39, 0.29) is 5.56 Å². The Morgan fingerprint density at radius 1 is 1.38 bits per heavy atom. The van der Waals surface area contributed by atoms with E-state index >= 15 is 0 Å². The number of nitrogens with one attached hydrogen (secondary N) is 2. The molecule has 0 bridgehead atoms. The van der Waals surface area contributed by atoms with Crippen molar-refractivity contribution >= 4 is 10.9 Å². The fourth-order valence-electron chi connectivity index (χ4n) is 2.62. The van der Waals surface area contributed by atoms with E-state index in [1.54, 1.807) is 6.07 Å². The monoisotopic (exact) mass is 289 g/mol. The van der Waals surface area contributed by atoms with Crippen LogP contribution in [0.25, 0.3) is 10.9 Å². The zero-order valence-corrected chi connectivity index (χ0v) is 12.8. The summed E-state index contributed by atoms with van der Waals surface area (Å²) in [6.45, 7) is 6.86. The molecule has 0 saturated carbocycles. The van der Waals surface area contributed by atoms with E-state index < -0.39 is 5.60 Å². The molecular formula is C16H23N3O2. The van der Waals surface area contributed by atoms with Crippen LogP contribution < -0.4 is 10.9 Å². The summed E-state index contributed by atoms with van der Waals surface area (Å²) in [4.78, 5) is 19.1. The van der Waals surface area contributed by atoms with Crippen LogP contribution in [0.15, 0.2) is 29.1 Å². The first-order valence-corrected chi connectivity index (χ1v) is 7.28. The summed E-state index contributed by atoms with van der Waals surface area (Å²) in [6.07, 6.45) is 0.724. The third kappa shape index (κ3) is 4.37. The molecule has 1 heterocycles. The average molecular weight is 289 g/mol. The highest BCUT2D eigenvalue weighted by Gasteiger charge is 2.21. The van der Waals surface area contributed by atoms with Gasteiger partial charge >= 0.3 is 0 Å². The second kappa shape index (κ2) is 6.37. The molecule has 0 aliphatic rings. The van der Waals surface area contributed by atoms with Gasteiger partial charge in [0, 0.05) is 6.54 Å². The molecule has 114 valence electrons. The van der Waals surface area contributed by atoms with Crippen molar-refractivity contribution in [2.75, 3.05) is 6.54 Å². The third-order valence-electron chi connectivity index (χ3n) is 3.31. The van der Waals surface area contributed by atoms with Gasteiger partial charge in [0.15, 0.2) is 0 Å². The Hall–Kier alpha value is -1.72. The van der Waals surface area contributed by atoms with Crippen LogP contribution in [-0.2, 0) is 6.54 Å². The van der Waals surface area contributed by atoms with E-state index in [0.29, 0.717) is 35.7 Å². The van der Waals surface area contributed by atoms with Gasteiger partial charge in [-0.2, -0.15) is 0 Å². The molecule has 1 aromatic carbocycles. The van der Waals surface area contributed by atoms with Crippen molar-refractivity contribution in [1.82, 2.24) is 15.3 Å². The van der Waals surface area contributed by atoms with Gasteiger partial charge in [0.25, 0.3) is 5.56 Å². The van der Waals surface area contributed by atoms with Crippen molar-refractivity contribution in [3.63, 3.8) is 0 Å². The van der Waals surface area contributed by atoms with Crippen molar-refractivity contribution in [3.8, 4) is 0 Å². The molecule has 1 atom stereocenters. The number of fused-ring (bicyclic) bond motifs is 1. The van der Waals surface area contributed by atoms with Gasteiger partial charge in [-0.05, 0) is 31.4 Å². The molecule has 0 saturated heterocycles. The molecular weight excluding hydrogens is 266 g/mol. The number of benzene rings is 1. The molecule has 0 radical (unpaired) electrons. The van der Waals surface area contributed by atoms with Crippen molar-refractivity contribution in [2.45, 2.75) is 39.3 Å². The van der Waals surface area contributed by atoms with Crippen LogP contribution in [0.3, 0.4) is 0 Å². The maximum Gasteiger partial charge on any atom is 0.258 e. The van der Waals surface area contributed by atoms with Crippen LogP contribution in [0, 0.1) is 5.92 Å². The van der Waals surface area contributed by atoms with Crippen molar-refractivity contribution in [1.29, 1.82) is 0 Å². The van der Waals surface area contributed by atoms with Gasteiger partial charge in [-0.1, -0.05) is 26.0 Å². The Morgan fingerprint density at radius 2 is 2.10 bits per heavy atom. The number of nitrogens with zero attached hydrogens (tertiary/aromatic N) is 1. The van der Waals surface area contributed by atoms with Crippen molar-refractivity contribution < 1.29 is 5.11 Å². The normalized spacial score (nSPS) is 14.5. The minimum Gasteiger partial charge on any atom is -0.389 e. The molecule has 0 aliphatic carbocycles. The molecule has 0 amide bonds. The molecule has 2 aromatic rings. The lowest BCUT2D eigenvalue weighted by atomic mass is 9.94. The third-order valence-corrected chi connectivity index (χ3v) is 3.31. The number of aromatic amines is 1. The predicted octanol–water partition coefficient (Wildman–Crippen LogP) is 1.81. The average Bonchev–Trinajstić information content (AvgIpc) is 2.37. The van der Waals surface area contributed by atoms with E-state index in [9.17, 15) is 9.90 Å². The maximum absolute atomic E-state index is 11.9. The molecule has 0 aliphatic heterocycles. The highest BCUT2D eigenvalue weighted by molar-refractivity contribution is 5.77. The van der Waals surface area contributed by atoms with Crippen LogP contribution in [0.4, 0.5) is 0 Å². The predicted molar refractivity (Wildman–Crippen MR) is 84.1 cm³/mol. The number of rotatable bonds is 6. The minimum absolute atomic E-state index is 0.133. The molecule has 1 aromatic heterocycles. The Kier molecular flexibility index (Phi) is 4.75. The lowest BCUT2D eigenvalue weighted by Gasteiger charge is -2.25. The van der Waals surface area contributed by atoms with Gasteiger partial charge in [-0.25, -0.2) is 4.98 Å². The molecule has 3 N–H and O–H groups in total. The van der Waals surface area contributed by atoms with E-state index in [2.05, 4.69) is 29.1 Å². The Morgan fingerprint density at radius 3 is 2.81 bits per heavy atom. The molecule has 5 nitrogen and oxygen atoms in total. The van der Waals surface area contributed by atoms with Gasteiger partial charge in [0.05, 0.1) is 23.0 Å². The van der Waals surface area contributed by atoms with E-state index in [1.807, 2.05) is 25.1 Å². The summed E-state index contributed by atoms with van der Waals surface area (Å²) >= 11 is 0. The zero-order chi connectivity index (χ0) is 15.5. The molecule has 0 fully saturated rings. The quantitative estimate of drug-likeness (QED) is 0.758. The van der Waals surface area contributed by atoms with Gasteiger partial charge in [0.2, 0.25) is 0 Å². The summed E-state index contributed by atoms with van der Waals surface area (Å²) in [6, 6.07) is 7.26. The number of hydrogen-bond acceptors (Lipinski definition) is 4. The first-order valence-electron chi connectivity index (χ1n) is 7.28. The van der Waals surface area contributed by atoms with Crippen LogP contribution in [0.1, 0.15) is 33.0 Å². The first kappa shape index (κ1) is 15.7. The zero-order valence-electron chi connectivity index (χ0n) is 12.8. The lowest BCUT2D eigenvalue weighted by Crippen LogP contribution is -2.39. The fraction of sp³-hybridized carbons (Fsp3) is 0.500. The largest absolute Gasteiger partial charge is 0.389 e. The SMILES string of the molecule is CC(C)CC(C)(O)CNCc1nc2ccccc2c(=O)[nH]1. The Labute approximate surface area is 124 Å². The standard InChI is InChI=1S/C16H23N3O2/c1-11(2)8-16(3,21)10-17-9-14-18-13-7-5-4-6-12(13)15(20)19-14/h4-7,11,17,21H,8-10H2,1-3H3,(H,18,19,20). The number of para-hydroxylation sites is 1. The van der Waals surface area contributed by atoms with E-state index in [4.69, 9.17) is 0 Å².